The van der Waals surface area contributed by atoms with Gasteiger partial charge >= 0.3 is 12.4 Å². The standard InChI is InChI=1S/C22H12F6N2O2/c23-21(24,25)15-5-3-4-13(10-15)19-9-8-16(32-19)11-14(12-29)20(31)30-18-7-2-1-6-17(18)22(26,27)28/h1-11H,(H,30,31)/b14-11+. The van der Waals surface area contributed by atoms with Crippen molar-refractivity contribution in [2.75, 3.05) is 5.32 Å². The van der Waals surface area contributed by atoms with E-state index in [1.807, 2.05) is 5.32 Å². The van der Waals surface area contributed by atoms with E-state index in [0.29, 0.717) is 0 Å². The molecular weight excluding hydrogens is 438 g/mol. The van der Waals surface area contributed by atoms with Gasteiger partial charge in [0.15, 0.2) is 0 Å². The molecule has 4 nitrogen and oxygen atoms in total. The van der Waals surface area contributed by atoms with Gasteiger partial charge in [0, 0.05) is 11.6 Å². The minimum atomic E-state index is -4.72. The maximum Gasteiger partial charge on any atom is 0.418 e. The number of nitrogens with one attached hydrogen (secondary N) is 1. The van der Waals surface area contributed by atoms with E-state index < -0.39 is 40.6 Å². The number of carbonyl (C=O) groups excluding carboxylic acids is 1. The van der Waals surface area contributed by atoms with Gasteiger partial charge in [0.25, 0.3) is 5.91 Å². The van der Waals surface area contributed by atoms with Crippen LogP contribution in [-0.2, 0) is 17.1 Å². The fraction of sp³-hybridized carbons (Fsp3) is 0.0909. The Balaban J connectivity index is 1.85. The molecule has 0 bridgehead atoms. The van der Waals surface area contributed by atoms with Gasteiger partial charge in [0.1, 0.15) is 23.2 Å². The quantitative estimate of drug-likeness (QED) is 0.279. The van der Waals surface area contributed by atoms with E-state index in [9.17, 15) is 36.4 Å². The SMILES string of the molecule is N#C/C(=C\c1ccc(-c2cccc(C(F)(F)F)c2)o1)C(=O)Nc1ccccc1C(F)(F)F. The number of hydrogen-bond donors (Lipinski definition) is 1. The maximum atomic E-state index is 13.1. The number of anilines is 1. The van der Waals surface area contributed by atoms with E-state index in [2.05, 4.69) is 0 Å². The highest BCUT2D eigenvalue weighted by Crippen LogP contribution is 2.35. The first-order chi connectivity index (χ1) is 15.0. The number of nitriles is 1. The summed E-state index contributed by atoms with van der Waals surface area (Å²) in [5.41, 5.74) is -2.96. The third-order valence-electron chi connectivity index (χ3n) is 4.23. The van der Waals surface area contributed by atoms with Crippen LogP contribution < -0.4 is 5.32 Å². The summed E-state index contributed by atoms with van der Waals surface area (Å²) in [6.45, 7) is 0. The average molecular weight is 450 g/mol. The summed E-state index contributed by atoms with van der Waals surface area (Å²) in [7, 11) is 0. The van der Waals surface area contributed by atoms with Crippen LogP contribution in [-0.4, -0.2) is 5.91 Å². The second-order valence-electron chi connectivity index (χ2n) is 6.45. The number of rotatable bonds is 4. The summed E-state index contributed by atoms with van der Waals surface area (Å²) in [6, 6.07) is 12.8. The van der Waals surface area contributed by atoms with Gasteiger partial charge in [-0.2, -0.15) is 31.6 Å². The van der Waals surface area contributed by atoms with Crippen molar-refractivity contribution in [3.63, 3.8) is 0 Å². The molecule has 0 saturated carbocycles. The molecule has 3 rings (SSSR count). The lowest BCUT2D eigenvalue weighted by Gasteiger charge is -2.13. The van der Waals surface area contributed by atoms with Crippen LogP contribution in [0.2, 0.25) is 0 Å². The summed E-state index contributed by atoms with van der Waals surface area (Å²) < 4.78 is 83.3. The van der Waals surface area contributed by atoms with Crippen molar-refractivity contribution in [3.05, 3.63) is 83.1 Å². The smallest absolute Gasteiger partial charge is 0.418 e. The van der Waals surface area contributed by atoms with Crippen LogP contribution in [0.4, 0.5) is 32.0 Å². The van der Waals surface area contributed by atoms with Crippen molar-refractivity contribution in [2.24, 2.45) is 0 Å². The molecule has 0 atom stereocenters. The van der Waals surface area contributed by atoms with Crippen molar-refractivity contribution in [1.82, 2.24) is 0 Å². The minimum Gasteiger partial charge on any atom is -0.457 e. The Morgan fingerprint density at radius 2 is 1.66 bits per heavy atom. The van der Waals surface area contributed by atoms with E-state index in [1.54, 1.807) is 6.07 Å². The van der Waals surface area contributed by atoms with Crippen molar-refractivity contribution < 1.29 is 35.6 Å². The van der Waals surface area contributed by atoms with Crippen LogP contribution in [0.3, 0.4) is 0 Å². The minimum absolute atomic E-state index is 0.0439. The van der Waals surface area contributed by atoms with E-state index >= 15 is 0 Å². The van der Waals surface area contributed by atoms with Crippen LogP contribution >= 0.6 is 0 Å². The molecule has 0 spiro atoms. The van der Waals surface area contributed by atoms with Crippen LogP contribution in [0, 0.1) is 11.3 Å². The summed E-state index contributed by atoms with van der Waals surface area (Å²) in [5.74, 6) is -1.11. The van der Waals surface area contributed by atoms with Gasteiger partial charge in [0.05, 0.1) is 16.8 Å². The molecule has 10 heteroatoms. The van der Waals surface area contributed by atoms with Crippen LogP contribution in [0.25, 0.3) is 17.4 Å². The number of nitrogens with zero attached hydrogens (tertiary/aromatic N) is 1. The van der Waals surface area contributed by atoms with E-state index in [4.69, 9.17) is 4.42 Å². The van der Waals surface area contributed by atoms with Gasteiger partial charge in [-0.05, 0) is 36.4 Å². The molecule has 0 aliphatic rings. The highest BCUT2D eigenvalue weighted by molar-refractivity contribution is 6.09. The molecule has 1 N–H and O–H groups in total. The van der Waals surface area contributed by atoms with Crippen molar-refractivity contribution >= 4 is 17.7 Å². The Bertz CT molecular complexity index is 1220. The number of amides is 1. The van der Waals surface area contributed by atoms with E-state index in [-0.39, 0.29) is 17.1 Å². The summed E-state index contributed by atoms with van der Waals surface area (Å²) in [6.07, 6.45) is -8.30. The number of benzene rings is 2. The lowest BCUT2D eigenvalue weighted by Crippen LogP contribution is -2.17. The van der Waals surface area contributed by atoms with Gasteiger partial charge in [-0.15, -0.1) is 0 Å². The fourth-order valence-corrected chi connectivity index (χ4v) is 2.75. The van der Waals surface area contributed by atoms with Crippen molar-refractivity contribution in [1.29, 1.82) is 5.26 Å². The van der Waals surface area contributed by atoms with Crippen LogP contribution in [0.1, 0.15) is 16.9 Å². The summed E-state index contributed by atoms with van der Waals surface area (Å²) in [5, 5.41) is 11.3. The first-order valence-corrected chi connectivity index (χ1v) is 8.86. The Hall–Kier alpha value is -4.00. The van der Waals surface area contributed by atoms with Gasteiger partial charge < -0.3 is 9.73 Å². The molecule has 0 saturated heterocycles. The zero-order valence-corrected chi connectivity index (χ0v) is 15.9. The number of para-hydroxylation sites is 1. The van der Waals surface area contributed by atoms with Crippen molar-refractivity contribution in [2.45, 2.75) is 12.4 Å². The normalized spacial score (nSPS) is 12.3. The molecule has 1 heterocycles. The molecule has 0 radical (unpaired) electrons. The fourth-order valence-electron chi connectivity index (χ4n) is 2.75. The molecule has 3 aromatic rings. The number of alkyl halides is 6. The monoisotopic (exact) mass is 450 g/mol. The van der Waals surface area contributed by atoms with Gasteiger partial charge in [-0.25, -0.2) is 0 Å². The second kappa shape index (κ2) is 8.63. The van der Waals surface area contributed by atoms with E-state index in [1.165, 1.54) is 30.3 Å². The highest BCUT2D eigenvalue weighted by Gasteiger charge is 2.34. The molecule has 164 valence electrons. The predicted octanol–water partition coefficient (Wildman–Crippen LogP) is 6.53. The molecule has 32 heavy (non-hydrogen) atoms. The Kier molecular flexibility index (Phi) is 6.11. The molecule has 2 aromatic carbocycles. The highest BCUT2D eigenvalue weighted by atomic mass is 19.4. The molecule has 0 aliphatic heterocycles. The Labute approximate surface area is 177 Å². The first-order valence-electron chi connectivity index (χ1n) is 8.86. The molecular formula is C22H12F6N2O2. The topological polar surface area (TPSA) is 66.0 Å². The largest absolute Gasteiger partial charge is 0.457 e. The average Bonchev–Trinajstić information content (AvgIpc) is 3.20. The zero-order chi connectivity index (χ0) is 23.5. The predicted molar refractivity (Wildman–Crippen MR) is 103 cm³/mol. The third kappa shape index (κ3) is 5.18. The lowest BCUT2D eigenvalue weighted by atomic mass is 10.1. The molecule has 1 aromatic heterocycles. The number of halogens is 6. The number of carbonyl (C=O) groups is 1. The Morgan fingerprint density at radius 3 is 2.31 bits per heavy atom. The molecule has 1 amide bonds. The second-order valence-corrected chi connectivity index (χ2v) is 6.45. The Morgan fingerprint density at radius 1 is 0.938 bits per heavy atom. The molecule has 0 fully saturated rings. The lowest BCUT2D eigenvalue weighted by molar-refractivity contribution is -0.138. The summed E-state index contributed by atoms with van der Waals surface area (Å²) >= 11 is 0. The third-order valence-corrected chi connectivity index (χ3v) is 4.23. The summed E-state index contributed by atoms with van der Waals surface area (Å²) in [4.78, 5) is 12.3. The van der Waals surface area contributed by atoms with E-state index in [0.717, 1.165) is 36.4 Å². The molecule has 0 aliphatic carbocycles. The van der Waals surface area contributed by atoms with Crippen molar-refractivity contribution in [3.8, 4) is 17.4 Å². The maximum absolute atomic E-state index is 13.1. The van der Waals surface area contributed by atoms with Crippen LogP contribution in [0.5, 0.6) is 0 Å². The van der Waals surface area contributed by atoms with Gasteiger partial charge in [-0.3, -0.25) is 4.79 Å². The molecule has 0 unspecified atom stereocenters. The first kappa shape index (κ1) is 22.7. The van der Waals surface area contributed by atoms with Gasteiger partial charge in [0.2, 0.25) is 0 Å². The van der Waals surface area contributed by atoms with Gasteiger partial charge in [-0.1, -0.05) is 24.3 Å². The number of hydrogen-bond acceptors (Lipinski definition) is 3. The zero-order valence-electron chi connectivity index (χ0n) is 15.9. The van der Waals surface area contributed by atoms with Crippen LogP contribution in [0.15, 0.2) is 70.7 Å². The number of furan rings is 1.